The van der Waals surface area contributed by atoms with Crippen LogP contribution in [-0.4, -0.2) is 16.1 Å². The van der Waals surface area contributed by atoms with Gasteiger partial charge >= 0.3 is 0 Å². The smallest absolute Gasteiger partial charge is 0.224 e. The molecular formula is C10H11N3OS. The minimum Gasteiger partial charge on any atom is -0.350 e. The predicted octanol–water partition coefficient (Wildman–Crippen LogP) is 1.33. The highest BCUT2D eigenvalue weighted by molar-refractivity contribution is 7.07. The number of carbonyl (C=O) groups excluding carboxylic acids is 1. The molecule has 0 unspecified atom stereocenters. The fourth-order valence-corrected chi connectivity index (χ4v) is 1.89. The van der Waals surface area contributed by atoms with E-state index < -0.39 is 0 Å². The lowest BCUT2D eigenvalue weighted by atomic mass is 10.2. The van der Waals surface area contributed by atoms with Crippen molar-refractivity contribution in [1.29, 1.82) is 0 Å². The number of aromatic amines is 1. The molecule has 0 radical (unpaired) electrons. The molecule has 0 saturated heterocycles. The monoisotopic (exact) mass is 221 g/mol. The summed E-state index contributed by atoms with van der Waals surface area (Å²) < 4.78 is 0. The SMILES string of the molecule is O=C(Cc1ccsc1)NCc1ccn[nH]1. The molecule has 0 aliphatic rings. The Bertz CT molecular complexity index is 408. The van der Waals surface area contributed by atoms with Crippen LogP contribution in [0.25, 0.3) is 0 Å². The minimum atomic E-state index is 0.0306. The first-order valence-corrected chi connectivity index (χ1v) is 5.55. The van der Waals surface area contributed by atoms with E-state index in [2.05, 4.69) is 15.5 Å². The summed E-state index contributed by atoms with van der Waals surface area (Å²) in [6, 6.07) is 3.80. The van der Waals surface area contributed by atoms with Crippen molar-refractivity contribution in [3.05, 3.63) is 40.3 Å². The van der Waals surface area contributed by atoms with Crippen LogP contribution in [0.3, 0.4) is 0 Å². The molecule has 2 aromatic heterocycles. The van der Waals surface area contributed by atoms with E-state index >= 15 is 0 Å². The van der Waals surface area contributed by atoms with Gasteiger partial charge in [-0.2, -0.15) is 16.4 Å². The molecule has 0 aromatic carbocycles. The van der Waals surface area contributed by atoms with Crippen molar-refractivity contribution >= 4 is 17.2 Å². The number of nitrogens with one attached hydrogen (secondary N) is 2. The van der Waals surface area contributed by atoms with Gasteiger partial charge in [-0.25, -0.2) is 0 Å². The average molecular weight is 221 g/mol. The van der Waals surface area contributed by atoms with E-state index in [-0.39, 0.29) is 5.91 Å². The van der Waals surface area contributed by atoms with E-state index in [1.807, 2.05) is 22.9 Å². The molecule has 4 nitrogen and oxygen atoms in total. The topological polar surface area (TPSA) is 57.8 Å². The van der Waals surface area contributed by atoms with E-state index in [9.17, 15) is 4.79 Å². The molecule has 0 aliphatic heterocycles. The van der Waals surface area contributed by atoms with Crippen LogP contribution in [0.2, 0.25) is 0 Å². The second-order valence-electron chi connectivity index (χ2n) is 3.17. The standard InChI is InChI=1S/C10H11N3OS/c14-10(5-8-2-4-15-7-8)11-6-9-1-3-12-13-9/h1-4,7H,5-6H2,(H,11,14)(H,12,13). The molecule has 2 rings (SSSR count). The number of rotatable bonds is 4. The summed E-state index contributed by atoms with van der Waals surface area (Å²) in [6.45, 7) is 0.503. The number of hydrogen-bond donors (Lipinski definition) is 2. The summed E-state index contributed by atoms with van der Waals surface area (Å²) >= 11 is 1.60. The van der Waals surface area contributed by atoms with Gasteiger partial charge in [-0.15, -0.1) is 0 Å². The molecule has 5 heteroatoms. The van der Waals surface area contributed by atoms with Gasteiger partial charge in [-0.1, -0.05) is 0 Å². The van der Waals surface area contributed by atoms with Crippen molar-refractivity contribution in [1.82, 2.24) is 15.5 Å². The fraction of sp³-hybridized carbons (Fsp3) is 0.200. The first kappa shape index (κ1) is 9.92. The summed E-state index contributed by atoms with van der Waals surface area (Å²) in [4.78, 5) is 11.5. The normalized spacial score (nSPS) is 10.1. The lowest BCUT2D eigenvalue weighted by Crippen LogP contribution is -2.24. The van der Waals surface area contributed by atoms with Crippen LogP contribution in [0, 0.1) is 0 Å². The number of aromatic nitrogens is 2. The maximum atomic E-state index is 11.5. The fourth-order valence-electron chi connectivity index (χ4n) is 1.22. The van der Waals surface area contributed by atoms with Crippen molar-refractivity contribution < 1.29 is 4.79 Å². The highest BCUT2D eigenvalue weighted by atomic mass is 32.1. The van der Waals surface area contributed by atoms with Crippen LogP contribution in [0.1, 0.15) is 11.3 Å². The molecule has 0 atom stereocenters. The number of nitrogens with zero attached hydrogens (tertiary/aromatic N) is 1. The highest BCUT2D eigenvalue weighted by Crippen LogP contribution is 2.06. The second kappa shape index (κ2) is 4.75. The van der Waals surface area contributed by atoms with Gasteiger partial charge in [0, 0.05) is 6.20 Å². The lowest BCUT2D eigenvalue weighted by molar-refractivity contribution is -0.120. The molecule has 1 amide bonds. The summed E-state index contributed by atoms with van der Waals surface area (Å²) in [7, 11) is 0. The lowest BCUT2D eigenvalue weighted by Gasteiger charge is -2.01. The largest absolute Gasteiger partial charge is 0.350 e. The Kier molecular flexibility index (Phi) is 3.14. The Morgan fingerprint density at radius 2 is 2.47 bits per heavy atom. The third-order valence-electron chi connectivity index (χ3n) is 1.98. The van der Waals surface area contributed by atoms with Crippen LogP contribution in [0.15, 0.2) is 29.1 Å². The Labute approximate surface area is 91.3 Å². The van der Waals surface area contributed by atoms with Gasteiger partial charge in [-0.3, -0.25) is 9.89 Å². The zero-order valence-corrected chi connectivity index (χ0v) is 8.88. The van der Waals surface area contributed by atoms with Crippen molar-refractivity contribution in [2.24, 2.45) is 0 Å². The number of amides is 1. The number of hydrogen-bond acceptors (Lipinski definition) is 3. The van der Waals surface area contributed by atoms with E-state index in [1.54, 1.807) is 17.5 Å². The third kappa shape index (κ3) is 2.92. The second-order valence-corrected chi connectivity index (χ2v) is 3.95. The van der Waals surface area contributed by atoms with Crippen LogP contribution in [0.5, 0.6) is 0 Å². The van der Waals surface area contributed by atoms with Gasteiger partial charge in [0.25, 0.3) is 0 Å². The molecular weight excluding hydrogens is 210 g/mol. The molecule has 2 heterocycles. The summed E-state index contributed by atoms with van der Waals surface area (Å²) in [5.74, 6) is 0.0306. The molecule has 0 spiro atoms. The highest BCUT2D eigenvalue weighted by Gasteiger charge is 2.03. The predicted molar refractivity (Wildman–Crippen MR) is 58.5 cm³/mol. The van der Waals surface area contributed by atoms with Crippen LogP contribution in [-0.2, 0) is 17.8 Å². The average Bonchev–Trinajstić information content (AvgIpc) is 2.86. The van der Waals surface area contributed by atoms with Crippen molar-refractivity contribution in [3.8, 4) is 0 Å². The van der Waals surface area contributed by atoms with Gasteiger partial charge in [0.05, 0.1) is 18.7 Å². The first-order valence-electron chi connectivity index (χ1n) is 4.60. The molecule has 0 saturated carbocycles. The Balaban J connectivity index is 1.78. The van der Waals surface area contributed by atoms with Crippen molar-refractivity contribution in [2.45, 2.75) is 13.0 Å². The molecule has 0 bridgehead atoms. The van der Waals surface area contributed by atoms with Gasteiger partial charge in [-0.05, 0) is 28.5 Å². The van der Waals surface area contributed by atoms with E-state index in [0.29, 0.717) is 13.0 Å². The van der Waals surface area contributed by atoms with Crippen molar-refractivity contribution in [2.75, 3.05) is 0 Å². The summed E-state index contributed by atoms with van der Waals surface area (Å²) in [5, 5.41) is 13.4. The van der Waals surface area contributed by atoms with Gasteiger partial charge in [0.15, 0.2) is 0 Å². The Hall–Kier alpha value is -1.62. The Morgan fingerprint density at radius 3 is 3.13 bits per heavy atom. The molecule has 0 fully saturated rings. The Morgan fingerprint density at radius 1 is 1.53 bits per heavy atom. The quantitative estimate of drug-likeness (QED) is 0.818. The van der Waals surface area contributed by atoms with Gasteiger partial charge < -0.3 is 5.32 Å². The molecule has 15 heavy (non-hydrogen) atoms. The van der Waals surface area contributed by atoms with E-state index in [0.717, 1.165) is 11.3 Å². The number of carbonyl (C=O) groups is 1. The maximum Gasteiger partial charge on any atom is 0.224 e. The molecule has 2 N–H and O–H groups in total. The molecule has 78 valence electrons. The van der Waals surface area contributed by atoms with E-state index in [4.69, 9.17) is 0 Å². The maximum absolute atomic E-state index is 11.5. The zero-order valence-electron chi connectivity index (χ0n) is 8.06. The molecule has 0 aliphatic carbocycles. The first-order chi connectivity index (χ1) is 7.34. The van der Waals surface area contributed by atoms with Crippen LogP contribution >= 0.6 is 11.3 Å². The van der Waals surface area contributed by atoms with Crippen LogP contribution < -0.4 is 5.32 Å². The summed E-state index contributed by atoms with van der Waals surface area (Å²) in [5.41, 5.74) is 1.97. The minimum absolute atomic E-state index is 0.0306. The number of H-pyrrole nitrogens is 1. The molecule has 2 aromatic rings. The van der Waals surface area contributed by atoms with Gasteiger partial charge in [0.1, 0.15) is 0 Å². The zero-order chi connectivity index (χ0) is 10.5. The van der Waals surface area contributed by atoms with Gasteiger partial charge in [0.2, 0.25) is 5.91 Å². The van der Waals surface area contributed by atoms with E-state index in [1.165, 1.54) is 0 Å². The summed E-state index contributed by atoms with van der Waals surface area (Å²) in [6.07, 6.45) is 2.11. The number of thiophene rings is 1. The van der Waals surface area contributed by atoms with Crippen LogP contribution in [0.4, 0.5) is 0 Å². The third-order valence-corrected chi connectivity index (χ3v) is 2.71. The van der Waals surface area contributed by atoms with Crippen molar-refractivity contribution in [3.63, 3.8) is 0 Å².